The van der Waals surface area contributed by atoms with Crippen LogP contribution >= 0.6 is 0 Å². The number of rotatable bonds is 2. The summed E-state index contributed by atoms with van der Waals surface area (Å²) in [5.74, 6) is -0.556. The first-order chi connectivity index (χ1) is 9.18. The molecule has 0 aliphatic rings. The standard InChI is InChI=1S/C12H12F4N4/c1-6-3-11(12(14,15)16)19-20(6)5-10-9(17)4-8(13)7(2)18-10/h3-4H,5,17H2,1-2H3. The number of hydrogen-bond donors (Lipinski definition) is 1. The molecule has 20 heavy (non-hydrogen) atoms. The molecule has 108 valence electrons. The smallest absolute Gasteiger partial charge is 0.397 e. The van der Waals surface area contributed by atoms with Gasteiger partial charge in [-0.05, 0) is 19.9 Å². The van der Waals surface area contributed by atoms with E-state index in [1.165, 1.54) is 13.8 Å². The molecule has 0 bridgehead atoms. The van der Waals surface area contributed by atoms with E-state index in [2.05, 4.69) is 10.1 Å². The van der Waals surface area contributed by atoms with Crippen molar-refractivity contribution in [3.8, 4) is 0 Å². The van der Waals surface area contributed by atoms with Crippen LogP contribution < -0.4 is 5.73 Å². The van der Waals surface area contributed by atoms with Gasteiger partial charge in [0.15, 0.2) is 5.69 Å². The van der Waals surface area contributed by atoms with Crippen molar-refractivity contribution in [2.24, 2.45) is 0 Å². The Labute approximate surface area is 112 Å². The zero-order chi connectivity index (χ0) is 15.1. The minimum absolute atomic E-state index is 0.0468. The van der Waals surface area contributed by atoms with Crippen LogP contribution in [0.4, 0.5) is 23.2 Å². The van der Waals surface area contributed by atoms with Crippen LogP contribution in [0, 0.1) is 19.7 Å². The number of halogens is 4. The summed E-state index contributed by atoms with van der Waals surface area (Å²) in [4.78, 5) is 3.94. The highest BCUT2D eigenvalue weighted by Gasteiger charge is 2.34. The summed E-state index contributed by atoms with van der Waals surface area (Å²) in [5.41, 5.74) is 5.45. The van der Waals surface area contributed by atoms with E-state index in [0.717, 1.165) is 16.8 Å². The molecule has 0 amide bonds. The van der Waals surface area contributed by atoms with Gasteiger partial charge in [-0.2, -0.15) is 18.3 Å². The molecule has 2 aromatic rings. The Morgan fingerprint density at radius 2 is 1.90 bits per heavy atom. The third kappa shape index (κ3) is 2.73. The van der Waals surface area contributed by atoms with Gasteiger partial charge in [0.2, 0.25) is 0 Å². The second kappa shape index (κ2) is 4.77. The van der Waals surface area contributed by atoms with E-state index < -0.39 is 17.7 Å². The fourth-order valence-corrected chi connectivity index (χ4v) is 1.72. The topological polar surface area (TPSA) is 56.7 Å². The molecule has 0 unspecified atom stereocenters. The minimum Gasteiger partial charge on any atom is -0.397 e. The summed E-state index contributed by atoms with van der Waals surface area (Å²) in [7, 11) is 0. The number of anilines is 1. The Balaban J connectivity index is 2.36. The van der Waals surface area contributed by atoms with Crippen LogP contribution in [0.3, 0.4) is 0 Å². The maximum atomic E-state index is 13.2. The average molecular weight is 288 g/mol. The molecule has 0 atom stereocenters. The van der Waals surface area contributed by atoms with Crippen molar-refractivity contribution in [3.63, 3.8) is 0 Å². The molecule has 2 aromatic heterocycles. The highest BCUT2D eigenvalue weighted by molar-refractivity contribution is 5.44. The molecular weight excluding hydrogens is 276 g/mol. The van der Waals surface area contributed by atoms with Gasteiger partial charge in [0, 0.05) is 11.8 Å². The van der Waals surface area contributed by atoms with E-state index in [1.807, 2.05) is 0 Å². The number of hydrogen-bond acceptors (Lipinski definition) is 3. The largest absolute Gasteiger partial charge is 0.435 e. The first-order valence-electron chi connectivity index (χ1n) is 5.71. The van der Waals surface area contributed by atoms with Gasteiger partial charge in [-0.1, -0.05) is 0 Å². The summed E-state index contributed by atoms with van der Waals surface area (Å²) in [6.45, 7) is 2.90. The van der Waals surface area contributed by atoms with Crippen LogP contribution in [0.2, 0.25) is 0 Å². The van der Waals surface area contributed by atoms with E-state index in [1.54, 1.807) is 0 Å². The van der Waals surface area contributed by atoms with Crippen LogP contribution in [0.25, 0.3) is 0 Å². The fourth-order valence-electron chi connectivity index (χ4n) is 1.72. The van der Waals surface area contributed by atoms with Crippen LogP contribution in [-0.2, 0) is 12.7 Å². The zero-order valence-electron chi connectivity index (χ0n) is 10.8. The molecule has 0 spiro atoms. The minimum atomic E-state index is -4.51. The van der Waals surface area contributed by atoms with Crippen molar-refractivity contribution in [2.45, 2.75) is 26.6 Å². The van der Waals surface area contributed by atoms with Gasteiger partial charge in [-0.15, -0.1) is 0 Å². The molecule has 2 heterocycles. The van der Waals surface area contributed by atoms with E-state index in [0.29, 0.717) is 5.69 Å². The third-order valence-corrected chi connectivity index (χ3v) is 2.83. The van der Waals surface area contributed by atoms with Gasteiger partial charge in [0.25, 0.3) is 0 Å². The lowest BCUT2D eigenvalue weighted by molar-refractivity contribution is -0.141. The number of alkyl halides is 3. The molecule has 2 rings (SSSR count). The van der Waals surface area contributed by atoms with Gasteiger partial charge < -0.3 is 5.73 Å². The first kappa shape index (κ1) is 14.3. The summed E-state index contributed by atoms with van der Waals surface area (Å²) in [6, 6.07) is 2.04. The molecule has 0 fully saturated rings. The van der Waals surface area contributed by atoms with Crippen molar-refractivity contribution >= 4 is 5.69 Å². The Bertz CT molecular complexity index is 646. The molecule has 0 saturated carbocycles. The molecule has 0 aliphatic heterocycles. The molecule has 0 aromatic carbocycles. The SMILES string of the molecule is Cc1nc(Cn2nc(C(F)(F)F)cc2C)c(N)cc1F. The number of pyridine rings is 1. The van der Waals surface area contributed by atoms with Crippen LogP contribution in [0.1, 0.15) is 22.8 Å². The highest BCUT2D eigenvalue weighted by Crippen LogP contribution is 2.28. The van der Waals surface area contributed by atoms with Crippen molar-refractivity contribution in [1.82, 2.24) is 14.8 Å². The van der Waals surface area contributed by atoms with Crippen LogP contribution in [-0.4, -0.2) is 14.8 Å². The molecule has 0 saturated heterocycles. The zero-order valence-corrected chi connectivity index (χ0v) is 10.8. The van der Waals surface area contributed by atoms with Crippen molar-refractivity contribution in [2.75, 3.05) is 5.73 Å². The number of nitrogens with zero attached hydrogens (tertiary/aromatic N) is 3. The third-order valence-electron chi connectivity index (χ3n) is 2.83. The Morgan fingerprint density at radius 3 is 2.45 bits per heavy atom. The average Bonchev–Trinajstić information content (AvgIpc) is 2.68. The molecule has 0 aliphatic carbocycles. The van der Waals surface area contributed by atoms with Crippen molar-refractivity contribution in [1.29, 1.82) is 0 Å². The lowest BCUT2D eigenvalue weighted by Gasteiger charge is -2.08. The predicted molar refractivity (Wildman–Crippen MR) is 64.4 cm³/mol. The predicted octanol–water partition coefficient (Wildman–Crippen LogP) is 2.68. The number of nitrogen functional groups attached to an aromatic ring is 1. The first-order valence-corrected chi connectivity index (χ1v) is 5.71. The molecule has 0 radical (unpaired) electrons. The summed E-state index contributed by atoms with van der Waals surface area (Å²) in [6.07, 6.45) is -4.51. The number of nitrogens with two attached hydrogens (primary N) is 1. The van der Waals surface area contributed by atoms with Crippen molar-refractivity contribution in [3.05, 3.63) is 40.7 Å². The maximum Gasteiger partial charge on any atom is 0.435 e. The highest BCUT2D eigenvalue weighted by atomic mass is 19.4. The summed E-state index contributed by atoms with van der Waals surface area (Å²) in [5, 5.41) is 3.47. The van der Waals surface area contributed by atoms with Gasteiger partial charge in [0.05, 0.1) is 23.6 Å². The summed E-state index contributed by atoms with van der Waals surface area (Å²) < 4.78 is 52.0. The van der Waals surface area contributed by atoms with Crippen LogP contribution in [0.5, 0.6) is 0 Å². The van der Waals surface area contributed by atoms with E-state index in [4.69, 9.17) is 5.73 Å². The second-order valence-corrected chi connectivity index (χ2v) is 4.42. The van der Waals surface area contributed by atoms with Gasteiger partial charge >= 0.3 is 6.18 Å². The van der Waals surface area contributed by atoms with Gasteiger partial charge in [-0.3, -0.25) is 9.67 Å². The van der Waals surface area contributed by atoms with Gasteiger partial charge in [-0.25, -0.2) is 4.39 Å². The van der Waals surface area contributed by atoms with Crippen LogP contribution in [0.15, 0.2) is 12.1 Å². The van der Waals surface area contributed by atoms with Crippen molar-refractivity contribution < 1.29 is 17.6 Å². The molecule has 8 heteroatoms. The Hall–Kier alpha value is -2.12. The van der Waals surface area contributed by atoms with Gasteiger partial charge in [0.1, 0.15) is 5.82 Å². The molecular formula is C12H12F4N4. The van der Waals surface area contributed by atoms with E-state index in [-0.39, 0.29) is 23.6 Å². The number of aromatic nitrogens is 3. The molecule has 2 N–H and O–H groups in total. The number of aryl methyl sites for hydroxylation is 2. The maximum absolute atomic E-state index is 13.2. The second-order valence-electron chi connectivity index (χ2n) is 4.42. The Morgan fingerprint density at radius 1 is 1.25 bits per heavy atom. The quantitative estimate of drug-likeness (QED) is 0.864. The van der Waals surface area contributed by atoms with E-state index in [9.17, 15) is 17.6 Å². The monoisotopic (exact) mass is 288 g/mol. The lowest BCUT2D eigenvalue weighted by Crippen LogP contribution is -2.12. The van der Waals surface area contributed by atoms with E-state index >= 15 is 0 Å². The Kier molecular flexibility index (Phi) is 3.41. The normalized spacial score (nSPS) is 11.9. The molecule has 4 nitrogen and oxygen atoms in total. The lowest BCUT2D eigenvalue weighted by atomic mass is 10.2. The summed E-state index contributed by atoms with van der Waals surface area (Å²) >= 11 is 0. The fraction of sp³-hybridized carbons (Fsp3) is 0.333.